The van der Waals surface area contributed by atoms with Gasteiger partial charge in [-0.3, -0.25) is 43.2 Å². The van der Waals surface area contributed by atoms with Gasteiger partial charge in [-0.15, -0.1) is 0 Å². The molecule has 0 aliphatic carbocycles. The molecule has 4 rings (SSSR count). The number of benzene rings is 4. The lowest BCUT2D eigenvalue weighted by Crippen LogP contribution is -2.59. The van der Waals surface area contributed by atoms with Crippen molar-refractivity contribution in [2.24, 2.45) is 17.4 Å². The van der Waals surface area contributed by atoms with Gasteiger partial charge in [0.2, 0.25) is 53.2 Å². The Balaban J connectivity index is 1.48. The van der Waals surface area contributed by atoms with E-state index in [1.54, 1.807) is 62.6 Å². The van der Waals surface area contributed by atoms with Gasteiger partial charge < -0.3 is 74.4 Å². The van der Waals surface area contributed by atoms with E-state index in [9.17, 15) is 68.4 Å². The van der Waals surface area contributed by atoms with Gasteiger partial charge in [-0.1, -0.05) is 80.6 Å². The van der Waals surface area contributed by atoms with E-state index in [1.807, 2.05) is 0 Å². The summed E-state index contributed by atoms with van der Waals surface area (Å²) in [5, 5.41) is 59.6. The number of carbonyl (C=O) groups excluding carboxylic acids is 9. The molecule has 0 saturated carbocycles. The number of amides is 9. The van der Waals surface area contributed by atoms with E-state index < -0.39 is 120 Å². The number of carboxylic acids is 1. The second-order valence-electron chi connectivity index (χ2n) is 20.0. The summed E-state index contributed by atoms with van der Waals surface area (Å²) < 4.78 is 0. The first-order chi connectivity index (χ1) is 38.9. The van der Waals surface area contributed by atoms with Gasteiger partial charge in [-0.2, -0.15) is 11.8 Å². The van der Waals surface area contributed by atoms with E-state index in [0.717, 1.165) is 0 Å². The summed E-state index contributed by atoms with van der Waals surface area (Å²) in [5.41, 5.74) is 13.9. The number of hydrogen-bond donors (Lipinski definition) is 14. The molecular weight excluding hydrogens is 1080 g/mol. The smallest absolute Gasteiger partial charge is 0.326 e. The van der Waals surface area contributed by atoms with Crippen molar-refractivity contribution >= 4 is 70.9 Å². The first kappa shape index (κ1) is 65.8. The van der Waals surface area contributed by atoms with Gasteiger partial charge in [0.05, 0.1) is 12.6 Å². The van der Waals surface area contributed by atoms with Crippen LogP contribution in [0.1, 0.15) is 68.7 Å². The standard InChI is InChI=1S/C57H74N10O14S/c1-32(2)26-44(55(78)67-47(57(80)81)30-37-14-20-40(70)21-15-37)64-50(73)33(3)61-53(76)43(24-25-82-4)63-56(79)46(29-36-12-18-39(69)19-13-36)66-54(77)42(22-23-48(59)71)62-49(72)31-60-52(75)45(28-34-8-6-5-7-9-34)65-51(74)41(58)27-35-10-16-38(68)17-11-35/h5-21,32-33,41-47,68-70H,22-31,58H2,1-4H3,(H2,59,71)(H,60,75)(H,61,76)(H,62,72)(H,63,79)(H,64,73)(H,65,74)(H,66,77)(H,67,78)(H,80,81)/t33-,41-,42-,43-,44-,45-,46-,47-/m0/s1. The monoisotopic (exact) mass is 1150 g/mol. The van der Waals surface area contributed by atoms with E-state index >= 15 is 0 Å². The quantitative estimate of drug-likeness (QED) is 0.0300. The molecule has 4 aromatic rings. The SMILES string of the molecule is CSCC[C@H](NC(=O)[C@H](Cc1ccc(O)cc1)NC(=O)[C@H](CCC(N)=O)NC(=O)CNC(=O)[C@H](Cc1ccccc1)NC(=O)[C@@H](N)Cc1ccc(O)cc1)C(=O)N[C@@H](C)C(=O)N[C@@H](CC(C)C)C(=O)N[C@@H](Cc1ccc(O)cc1)C(=O)O. The van der Waals surface area contributed by atoms with Crippen LogP contribution in [0.25, 0.3) is 0 Å². The van der Waals surface area contributed by atoms with E-state index in [2.05, 4.69) is 42.5 Å². The molecule has 0 unspecified atom stereocenters. The van der Waals surface area contributed by atoms with Gasteiger partial charge in [0.25, 0.3) is 0 Å². The van der Waals surface area contributed by atoms with Crippen LogP contribution in [0.5, 0.6) is 17.2 Å². The van der Waals surface area contributed by atoms with Crippen molar-refractivity contribution in [3.05, 3.63) is 125 Å². The van der Waals surface area contributed by atoms with Crippen molar-refractivity contribution in [3.63, 3.8) is 0 Å². The van der Waals surface area contributed by atoms with E-state index in [0.29, 0.717) is 28.0 Å². The number of carbonyl (C=O) groups is 10. The third-order valence-electron chi connectivity index (χ3n) is 12.7. The highest BCUT2D eigenvalue weighted by Crippen LogP contribution is 2.16. The van der Waals surface area contributed by atoms with Crippen molar-refractivity contribution in [3.8, 4) is 17.2 Å². The van der Waals surface area contributed by atoms with Crippen LogP contribution in [-0.2, 0) is 73.6 Å². The molecule has 0 aliphatic heterocycles. The Morgan fingerprint density at radius 1 is 0.476 bits per heavy atom. The fourth-order valence-electron chi connectivity index (χ4n) is 8.25. The summed E-state index contributed by atoms with van der Waals surface area (Å²) in [6.45, 7) is 4.19. The van der Waals surface area contributed by atoms with Gasteiger partial charge in [0.1, 0.15) is 59.5 Å². The first-order valence-electron chi connectivity index (χ1n) is 26.4. The Morgan fingerprint density at radius 2 is 0.890 bits per heavy atom. The normalized spacial score (nSPS) is 13.9. The first-order valence-corrected chi connectivity index (χ1v) is 27.8. The molecule has 8 atom stereocenters. The van der Waals surface area contributed by atoms with Crippen molar-refractivity contribution in [2.75, 3.05) is 18.6 Å². The molecule has 0 aromatic heterocycles. The number of phenolic OH excluding ortho intramolecular Hbond substituents is 3. The van der Waals surface area contributed by atoms with E-state index in [4.69, 9.17) is 11.5 Å². The zero-order chi connectivity index (χ0) is 60.5. The van der Waals surface area contributed by atoms with Crippen LogP contribution >= 0.6 is 11.8 Å². The zero-order valence-corrected chi connectivity index (χ0v) is 46.8. The van der Waals surface area contributed by atoms with Crippen LogP contribution in [0.2, 0.25) is 0 Å². The predicted molar refractivity (Wildman–Crippen MR) is 304 cm³/mol. The third-order valence-corrected chi connectivity index (χ3v) is 13.4. The summed E-state index contributed by atoms with van der Waals surface area (Å²) in [6.07, 6.45) is 0.801. The Labute approximate surface area is 479 Å². The van der Waals surface area contributed by atoms with Crippen molar-refractivity contribution in [1.29, 1.82) is 0 Å². The molecule has 0 fully saturated rings. The number of aliphatic carboxylic acids is 1. The molecule has 24 nitrogen and oxygen atoms in total. The summed E-state index contributed by atoms with van der Waals surface area (Å²) in [5.74, 6) is -8.77. The number of phenols is 3. The largest absolute Gasteiger partial charge is 0.508 e. The highest BCUT2D eigenvalue weighted by molar-refractivity contribution is 7.98. The fraction of sp³-hybridized carbons (Fsp3) is 0.404. The zero-order valence-electron chi connectivity index (χ0n) is 46.0. The molecule has 0 radical (unpaired) electrons. The number of nitrogens with one attached hydrogen (secondary N) is 8. The van der Waals surface area contributed by atoms with Crippen LogP contribution in [0.15, 0.2) is 103 Å². The molecule has 0 aliphatic rings. The maximum absolute atomic E-state index is 14.3. The topological polar surface area (TPSA) is 400 Å². The highest BCUT2D eigenvalue weighted by atomic mass is 32.2. The minimum atomic E-state index is -1.53. The number of hydrogen-bond acceptors (Lipinski definition) is 15. The molecule has 442 valence electrons. The number of thioether (sulfide) groups is 1. The highest BCUT2D eigenvalue weighted by Gasteiger charge is 2.34. The molecule has 0 heterocycles. The summed E-state index contributed by atoms with van der Waals surface area (Å²) >= 11 is 1.34. The number of aromatic hydroxyl groups is 3. The number of nitrogens with two attached hydrogens (primary N) is 2. The second-order valence-corrected chi connectivity index (χ2v) is 21.0. The Hall–Kier alpha value is -8.71. The molecule has 0 saturated heterocycles. The maximum atomic E-state index is 14.3. The van der Waals surface area contributed by atoms with Crippen LogP contribution in [0.4, 0.5) is 0 Å². The van der Waals surface area contributed by atoms with Crippen LogP contribution in [0, 0.1) is 5.92 Å². The van der Waals surface area contributed by atoms with Gasteiger partial charge in [-0.25, -0.2) is 4.79 Å². The van der Waals surface area contributed by atoms with E-state index in [1.165, 1.54) is 79.3 Å². The lowest BCUT2D eigenvalue weighted by molar-refractivity contribution is -0.142. The molecule has 9 amide bonds. The second kappa shape index (κ2) is 33.1. The predicted octanol–water partition coefficient (Wildman–Crippen LogP) is 0.0803. The minimum absolute atomic E-state index is 0.00364. The Kier molecular flexibility index (Phi) is 26.6. The fourth-order valence-corrected chi connectivity index (χ4v) is 8.72. The van der Waals surface area contributed by atoms with Crippen molar-refractivity contribution in [2.45, 2.75) is 120 Å². The average Bonchev–Trinajstić information content (AvgIpc) is 3.43. The number of rotatable bonds is 33. The molecule has 25 heteroatoms. The van der Waals surface area contributed by atoms with E-state index in [-0.39, 0.29) is 68.1 Å². The van der Waals surface area contributed by atoms with Crippen LogP contribution in [-0.4, -0.2) is 146 Å². The molecule has 0 bridgehead atoms. The Morgan fingerprint density at radius 3 is 1.40 bits per heavy atom. The summed E-state index contributed by atoms with van der Waals surface area (Å²) in [4.78, 5) is 134. The molecule has 16 N–H and O–H groups in total. The van der Waals surface area contributed by atoms with Crippen molar-refractivity contribution in [1.82, 2.24) is 42.5 Å². The number of carboxylic acid groups (broad SMARTS) is 1. The van der Waals surface area contributed by atoms with Gasteiger partial charge in [0.15, 0.2) is 0 Å². The molecule has 0 spiro atoms. The molecule has 4 aromatic carbocycles. The molecule has 82 heavy (non-hydrogen) atoms. The van der Waals surface area contributed by atoms with Gasteiger partial charge in [0, 0.05) is 25.7 Å². The van der Waals surface area contributed by atoms with Crippen LogP contribution in [0.3, 0.4) is 0 Å². The van der Waals surface area contributed by atoms with Crippen molar-refractivity contribution < 1.29 is 68.4 Å². The summed E-state index contributed by atoms with van der Waals surface area (Å²) in [7, 11) is 0. The van der Waals surface area contributed by atoms with Gasteiger partial charge in [-0.05, 0) is 109 Å². The van der Waals surface area contributed by atoms with Gasteiger partial charge >= 0.3 is 5.97 Å². The third kappa shape index (κ3) is 23.2. The minimum Gasteiger partial charge on any atom is -0.508 e. The maximum Gasteiger partial charge on any atom is 0.326 e. The molecular formula is C57H74N10O14S. The average molecular weight is 1160 g/mol. The summed E-state index contributed by atoms with van der Waals surface area (Å²) in [6, 6.07) is 15.6. The lowest BCUT2D eigenvalue weighted by Gasteiger charge is -2.27. The van der Waals surface area contributed by atoms with Crippen LogP contribution < -0.4 is 54.0 Å². The Bertz CT molecular complexity index is 2810. The lowest BCUT2D eigenvalue weighted by atomic mass is 10.0. The number of primary amides is 1.